The van der Waals surface area contributed by atoms with E-state index in [-0.39, 0.29) is 17.3 Å². The van der Waals surface area contributed by atoms with Crippen LogP contribution >= 0.6 is 0 Å². The van der Waals surface area contributed by atoms with E-state index in [0.29, 0.717) is 11.4 Å². The summed E-state index contributed by atoms with van der Waals surface area (Å²) in [5, 5.41) is 11.3. The van der Waals surface area contributed by atoms with Gasteiger partial charge in [-0.05, 0) is 19.9 Å². The third-order valence-corrected chi connectivity index (χ3v) is 2.81. The maximum Gasteiger partial charge on any atom is 0.185 e. The highest BCUT2D eigenvalue weighted by Gasteiger charge is 2.20. The summed E-state index contributed by atoms with van der Waals surface area (Å²) in [7, 11) is 0. The third-order valence-electron chi connectivity index (χ3n) is 2.81. The van der Waals surface area contributed by atoms with Gasteiger partial charge in [-0.15, -0.1) is 0 Å². The van der Waals surface area contributed by atoms with Gasteiger partial charge < -0.3 is 5.32 Å². The molecular weight excluding hydrogens is 286 g/mol. The molecule has 0 saturated heterocycles. The van der Waals surface area contributed by atoms with Crippen LogP contribution in [0.15, 0.2) is 12.1 Å². The zero-order chi connectivity index (χ0) is 15.7. The van der Waals surface area contributed by atoms with Crippen LogP contribution in [0.3, 0.4) is 0 Å². The zero-order valence-corrected chi connectivity index (χ0v) is 11.1. The highest BCUT2D eigenvalue weighted by Crippen LogP contribution is 2.29. The molecule has 0 fully saturated rings. The second-order valence-electron chi connectivity index (χ2n) is 4.35. The standard InChI is InChI=1S/C14H9F4N3/c1-6-3-11(8(5-19)7(2)20-6)21-14-12(17)9(15)4-10(16)13(14)18/h3-4H,1-2H3,(H,20,21). The predicted molar refractivity (Wildman–Crippen MR) is 68.0 cm³/mol. The van der Waals surface area contributed by atoms with Crippen LogP contribution < -0.4 is 5.32 Å². The van der Waals surface area contributed by atoms with Gasteiger partial charge in [-0.3, -0.25) is 4.98 Å². The molecule has 1 N–H and O–H groups in total. The van der Waals surface area contributed by atoms with E-state index < -0.39 is 29.0 Å². The van der Waals surface area contributed by atoms with Crippen molar-refractivity contribution in [3.63, 3.8) is 0 Å². The van der Waals surface area contributed by atoms with Gasteiger partial charge in [-0.1, -0.05) is 0 Å². The fourth-order valence-electron chi connectivity index (χ4n) is 1.89. The van der Waals surface area contributed by atoms with E-state index in [9.17, 15) is 17.6 Å². The number of aromatic nitrogens is 1. The number of benzene rings is 1. The van der Waals surface area contributed by atoms with Crippen molar-refractivity contribution in [2.24, 2.45) is 0 Å². The monoisotopic (exact) mass is 295 g/mol. The van der Waals surface area contributed by atoms with Crippen molar-refractivity contribution in [1.29, 1.82) is 5.26 Å². The Morgan fingerprint density at radius 1 is 1.05 bits per heavy atom. The van der Waals surface area contributed by atoms with E-state index in [1.807, 2.05) is 6.07 Å². The number of nitriles is 1. The van der Waals surface area contributed by atoms with Gasteiger partial charge in [0.25, 0.3) is 0 Å². The second kappa shape index (κ2) is 5.40. The Labute approximate surface area is 117 Å². The molecule has 0 saturated carbocycles. The number of anilines is 2. The lowest BCUT2D eigenvalue weighted by molar-refractivity contribution is 0.459. The molecule has 0 aliphatic rings. The van der Waals surface area contributed by atoms with Gasteiger partial charge in [-0.2, -0.15) is 5.26 Å². The van der Waals surface area contributed by atoms with Gasteiger partial charge in [0.1, 0.15) is 11.8 Å². The SMILES string of the molecule is Cc1cc(Nc2c(F)c(F)cc(F)c2F)c(C#N)c(C)n1. The lowest BCUT2D eigenvalue weighted by atomic mass is 10.1. The van der Waals surface area contributed by atoms with E-state index in [1.165, 1.54) is 13.0 Å². The minimum atomic E-state index is -1.56. The first kappa shape index (κ1) is 14.8. The van der Waals surface area contributed by atoms with E-state index in [2.05, 4.69) is 10.3 Å². The molecule has 0 spiro atoms. The van der Waals surface area contributed by atoms with Crippen molar-refractivity contribution in [3.8, 4) is 6.07 Å². The zero-order valence-electron chi connectivity index (χ0n) is 11.1. The summed E-state index contributed by atoms with van der Waals surface area (Å²) >= 11 is 0. The topological polar surface area (TPSA) is 48.7 Å². The Balaban J connectivity index is 2.62. The summed E-state index contributed by atoms with van der Waals surface area (Å²) in [6.45, 7) is 3.15. The van der Waals surface area contributed by atoms with Gasteiger partial charge in [-0.25, -0.2) is 17.6 Å². The van der Waals surface area contributed by atoms with E-state index >= 15 is 0 Å². The lowest BCUT2D eigenvalue weighted by Gasteiger charge is -2.13. The van der Waals surface area contributed by atoms with Crippen molar-refractivity contribution in [2.75, 3.05) is 5.32 Å². The van der Waals surface area contributed by atoms with Gasteiger partial charge in [0.05, 0.1) is 16.9 Å². The number of halogens is 4. The first-order valence-corrected chi connectivity index (χ1v) is 5.83. The predicted octanol–water partition coefficient (Wildman–Crippen LogP) is 3.87. The largest absolute Gasteiger partial charge is 0.349 e. The van der Waals surface area contributed by atoms with Crippen LogP contribution in [0.1, 0.15) is 17.0 Å². The number of aryl methyl sites for hydroxylation is 2. The minimum Gasteiger partial charge on any atom is -0.349 e. The average molecular weight is 295 g/mol. The Hall–Kier alpha value is -2.62. The van der Waals surface area contributed by atoms with Crippen LogP contribution in [0.4, 0.5) is 28.9 Å². The average Bonchev–Trinajstić information content (AvgIpc) is 2.41. The summed E-state index contributed by atoms with van der Waals surface area (Å²) in [6.07, 6.45) is 0. The highest BCUT2D eigenvalue weighted by atomic mass is 19.2. The Morgan fingerprint density at radius 2 is 1.62 bits per heavy atom. The molecule has 0 amide bonds. The molecule has 3 nitrogen and oxygen atoms in total. The number of nitrogens with zero attached hydrogens (tertiary/aromatic N) is 2. The first-order chi connectivity index (χ1) is 9.85. The summed E-state index contributed by atoms with van der Waals surface area (Å²) in [4.78, 5) is 4.03. The molecular formula is C14H9F4N3. The molecule has 0 bridgehead atoms. The molecule has 0 unspecified atom stereocenters. The Bertz CT molecular complexity index is 740. The van der Waals surface area contributed by atoms with E-state index in [1.54, 1.807) is 6.92 Å². The Morgan fingerprint density at radius 3 is 2.14 bits per heavy atom. The summed E-state index contributed by atoms with van der Waals surface area (Å²) < 4.78 is 53.6. The first-order valence-electron chi connectivity index (χ1n) is 5.83. The molecule has 2 rings (SSSR count). The molecule has 21 heavy (non-hydrogen) atoms. The summed E-state index contributed by atoms with van der Waals surface area (Å²) in [6, 6.07) is 3.29. The minimum absolute atomic E-state index is 0.0188. The van der Waals surface area contributed by atoms with Gasteiger partial charge >= 0.3 is 0 Å². The summed E-state index contributed by atoms with van der Waals surface area (Å²) in [5.41, 5.74) is -0.132. The van der Waals surface area contributed by atoms with Crippen molar-refractivity contribution in [1.82, 2.24) is 4.98 Å². The van der Waals surface area contributed by atoms with E-state index in [0.717, 1.165) is 0 Å². The highest BCUT2D eigenvalue weighted by molar-refractivity contribution is 5.68. The van der Waals surface area contributed by atoms with Gasteiger partial charge in [0.15, 0.2) is 23.3 Å². The molecule has 0 atom stereocenters. The molecule has 1 heterocycles. The lowest BCUT2D eigenvalue weighted by Crippen LogP contribution is -2.06. The number of hydrogen-bond acceptors (Lipinski definition) is 3. The molecule has 1 aromatic heterocycles. The molecule has 108 valence electrons. The second-order valence-corrected chi connectivity index (χ2v) is 4.35. The van der Waals surface area contributed by atoms with E-state index in [4.69, 9.17) is 5.26 Å². The number of rotatable bonds is 2. The van der Waals surface area contributed by atoms with Crippen LogP contribution in [0.2, 0.25) is 0 Å². The van der Waals surface area contributed by atoms with Crippen molar-refractivity contribution in [3.05, 3.63) is 52.4 Å². The molecule has 0 aliphatic heterocycles. The van der Waals surface area contributed by atoms with Crippen LogP contribution in [-0.4, -0.2) is 4.98 Å². The van der Waals surface area contributed by atoms with Crippen LogP contribution in [-0.2, 0) is 0 Å². The van der Waals surface area contributed by atoms with Crippen molar-refractivity contribution < 1.29 is 17.6 Å². The molecule has 0 radical (unpaired) electrons. The quantitative estimate of drug-likeness (QED) is 0.676. The number of hydrogen-bond donors (Lipinski definition) is 1. The summed E-state index contributed by atoms with van der Waals surface area (Å²) in [5.74, 6) is -6.19. The number of nitrogens with one attached hydrogen (secondary N) is 1. The maximum atomic E-state index is 13.6. The van der Waals surface area contributed by atoms with Gasteiger partial charge in [0.2, 0.25) is 0 Å². The van der Waals surface area contributed by atoms with Crippen LogP contribution in [0, 0.1) is 48.4 Å². The fraction of sp³-hybridized carbons (Fsp3) is 0.143. The molecule has 7 heteroatoms. The van der Waals surface area contributed by atoms with Crippen LogP contribution in [0.25, 0.3) is 0 Å². The molecule has 1 aromatic carbocycles. The normalized spacial score (nSPS) is 10.3. The van der Waals surface area contributed by atoms with Gasteiger partial charge in [0, 0.05) is 11.8 Å². The fourth-order valence-corrected chi connectivity index (χ4v) is 1.89. The Kier molecular flexibility index (Phi) is 3.80. The number of pyridine rings is 1. The molecule has 2 aromatic rings. The van der Waals surface area contributed by atoms with Crippen LogP contribution in [0.5, 0.6) is 0 Å². The molecule has 0 aliphatic carbocycles. The maximum absolute atomic E-state index is 13.6. The third kappa shape index (κ3) is 2.65. The smallest absolute Gasteiger partial charge is 0.185 e. The van der Waals surface area contributed by atoms with Crippen molar-refractivity contribution >= 4 is 11.4 Å². The van der Waals surface area contributed by atoms with Crippen molar-refractivity contribution in [2.45, 2.75) is 13.8 Å².